The molecule has 2 aliphatic heterocycles. The first-order valence-corrected chi connectivity index (χ1v) is 11.2. The second-order valence-electron chi connectivity index (χ2n) is 8.64. The van der Waals surface area contributed by atoms with Crippen molar-refractivity contribution in [2.45, 2.75) is 74.3 Å². The topological polar surface area (TPSA) is 58.9 Å². The highest BCUT2D eigenvalue weighted by molar-refractivity contribution is 8.00. The van der Waals surface area contributed by atoms with Crippen LogP contribution in [-0.4, -0.2) is 50.9 Å². The normalized spacial score (nSPS) is 33.8. The smallest absolute Gasteiger partial charge is 0.164 e. The van der Waals surface area contributed by atoms with Gasteiger partial charge >= 0.3 is 0 Å². The number of hydrogen-bond donors (Lipinski definition) is 2. The maximum absolute atomic E-state index is 11.2. The van der Waals surface area contributed by atoms with E-state index in [1.807, 2.05) is 32.0 Å². The fraction of sp³-hybridized carbons (Fsp3) is 0.500. The molecule has 2 saturated heterocycles. The van der Waals surface area contributed by atoms with Crippen LogP contribution >= 0.6 is 11.8 Å². The second kappa shape index (κ2) is 8.40. The van der Waals surface area contributed by atoms with Gasteiger partial charge in [0.25, 0.3) is 0 Å². The third kappa shape index (κ3) is 4.70. The van der Waals surface area contributed by atoms with Crippen molar-refractivity contribution in [2.24, 2.45) is 0 Å². The minimum Gasteiger partial charge on any atom is -0.389 e. The lowest BCUT2D eigenvalue weighted by Crippen LogP contribution is -2.45. The van der Waals surface area contributed by atoms with Gasteiger partial charge in [-0.05, 0) is 44.7 Å². The number of aliphatic hydroxyl groups excluding tert-OH is 2. The maximum atomic E-state index is 11.2. The molecule has 2 N–H and O–H groups in total. The van der Waals surface area contributed by atoms with Crippen LogP contribution in [0, 0.1) is 6.92 Å². The molecule has 2 aromatic carbocycles. The van der Waals surface area contributed by atoms with Gasteiger partial charge in [-0.2, -0.15) is 0 Å². The summed E-state index contributed by atoms with van der Waals surface area (Å²) in [4.78, 5) is 0. The molecule has 0 radical (unpaired) electrons. The molecule has 2 heterocycles. The average molecular weight is 415 g/mol. The summed E-state index contributed by atoms with van der Waals surface area (Å²) in [6.45, 7) is 5.76. The predicted octanol–water partition coefficient (Wildman–Crippen LogP) is 3.51. The lowest BCUT2D eigenvalue weighted by Gasteiger charge is -2.28. The Bertz CT molecular complexity index is 807. The highest BCUT2D eigenvalue weighted by Crippen LogP contribution is 2.42. The highest BCUT2D eigenvalue weighted by Gasteiger charge is 2.54. The minimum atomic E-state index is -0.814. The van der Waals surface area contributed by atoms with E-state index in [1.54, 1.807) is 11.8 Å². The Labute approximate surface area is 177 Å². The molecule has 0 bridgehead atoms. The molecule has 0 unspecified atom stereocenters. The number of hydrogen-bond acceptors (Lipinski definition) is 5. The van der Waals surface area contributed by atoms with E-state index in [-0.39, 0.29) is 10.5 Å². The lowest BCUT2D eigenvalue weighted by atomic mass is 9.95. The van der Waals surface area contributed by atoms with Crippen molar-refractivity contribution in [3.05, 3.63) is 71.3 Å². The van der Waals surface area contributed by atoms with Gasteiger partial charge in [0.05, 0.1) is 12.2 Å². The molecular weight excluding hydrogens is 384 g/mol. The summed E-state index contributed by atoms with van der Waals surface area (Å²) in [5.41, 5.74) is 3.57. The van der Waals surface area contributed by atoms with Crippen molar-refractivity contribution in [3.8, 4) is 0 Å². The first-order valence-electron chi connectivity index (χ1n) is 10.3. The molecule has 2 aliphatic rings. The van der Waals surface area contributed by atoms with Crippen molar-refractivity contribution in [1.82, 2.24) is 0 Å². The van der Waals surface area contributed by atoms with Crippen LogP contribution in [0.2, 0.25) is 0 Å². The highest BCUT2D eigenvalue weighted by atomic mass is 32.2. The zero-order valence-electron chi connectivity index (χ0n) is 17.2. The first kappa shape index (κ1) is 20.9. The first-order chi connectivity index (χ1) is 13.8. The summed E-state index contributed by atoms with van der Waals surface area (Å²) in [6.07, 6.45) is -1.07. The maximum Gasteiger partial charge on any atom is 0.164 e. The number of ether oxygens (including phenoxy) is 2. The lowest BCUT2D eigenvalue weighted by molar-refractivity contribution is -0.161. The molecule has 6 atom stereocenters. The molecular formula is C24H30O4S. The Hall–Kier alpha value is -1.37. The second-order valence-corrected chi connectivity index (χ2v) is 10.1. The van der Waals surface area contributed by atoms with Gasteiger partial charge in [0.15, 0.2) is 5.79 Å². The number of aliphatic hydroxyl groups is 2. The van der Waals surface area contributed by atoms with Crippen LogP contribution in [0.15, 0.2) is 54.6 Å². The van der Waals surface area contributed by atoms with E-state index in [0.717, 1.165) is 12.8 Å². The van der Waals surface area contributed by atoms with Crippen molar-refractivity contribution >= 4 is 11.8 Å². The number of benzene rings is 2. The van der Waals surface area contributed by atoms with Gasteiger partial charge in [0.1, 0.15) is 12.2 Å². The van der Waals surface area contributed by atoms with E-state index in [1.165, 1.54) is 16.7 Å². The van der Waals surface area contributed by atoms with Gasteiger partial charge in [-0.15, -0.1) is 11.8 Å². The van der Waals surface area contributed by atoms with Crippen molar-refractivity contribution in [1.29, 1.82) is 0 Å². The van der Waals surface area contributed by atoms with E-state index < -0.39 is 30.2 Å². The molecule has 0 aromatic heterocycles. The van der Waals surface area contributed by atoms with Crippen LogP contribution in [0.5, 0.6) is 0 Å². The van der Waals surface area contributed by atoms with Gasteiger partial charge in [0, 0.05) is 10.5 Å². The van der Waals surface area contributed by atoms with E-state index in [9.17, 15) is 10.2 Å². The minimum absolute atomic E-state index is 0.0880. The third-order valence-corrected chi connectivity index (χ3v) is 7.38. The Morgan fingerprint density at radius 3 is 1.79 bits per heavy atom. The molecule has 29 heavy (non-hydrogen) atoms. The fourth-order valence-electron chi connectivity index (χ4n) is 4.29. The molecule has 2 aromatic rings. The quantitative estimate of drug-likeness (QED) is 0.802. The summed E-state index contributed by atoms with van der Waals surface area (Å²) < 4.78 is 12.1. The third-order valence-electron chi connectivity index (χ3n) is 5.79. The Morgan fingerprint density at radius 1 is 0.793 bits per heavy atom. The number of aryl methyl sites for hydroxylation is 1. The largest absolute Gasteiger partial charge is 0.389 e. The molecule has 0 spiro atoms. The molecule has 4 rings (SSSR count). The average Bonchev–Trinajstić information content (AvgIpc) is 3.00. The summed E-state index contributed by atoms with van der Waals surface area (Å²) in [7, 11) is 0. The Balaban J connectivity index is 1.62. The fourth-order valence-corrected chi connectivity index (χ4v) is 5.95. The van der Waals surface area contributed by atoms with Crippen LogP contribution in [0.25, 0.3) is 0 Å². The SMILES string of the molecule is Cc1ccc(C[C@H]2S[C@H](Cc3ccccc3)[C@H](O)[C@@H]3OC(C)(C)O[C@H]3[C@H]2O)cc1. The number of thioether (sulfide) groups is 1. The van der Waals surface area contributed by atoms with Gasteiger partial charge in [-0.3, -0.25) is 0 Å². The van der Waals surface area contributed by atoms with Crippen LogP contribution in [-0.2, 0) is 22.3 Å². The van der Waals surface area contributed by atoms with E-state index in [0.29, 0.717) is 0 Å². The van der Waals surface area contributed by atoms with Gasteiger partial charge in [-0.25, -0.2) is 0 Å². The van der Waals surface area contributed by atoms with Crippen molar-refractivity contribution in [2.75, 3.05) is 0 Å². The van der Waals surface area contributed by atoms with E-state index in [2.05, 4.69) is 43.3 Å². The molecule has 0 amide bonds. The standard InChI is InChI=1S/C24H30O4S/c1-15-9-11-17(12-10-15)14-19-21(26)23-22(27-24(2,3)28-23)20(25)18(29-19)13-16-7-5-4-6-8-16/h4-12,18-23,25-26H,13-14H2,1-3H3/t18-,19-,20+,21+,22+,23+/m1/s1. The van der Waals surface area contributed by atoms with Gasteiger partial charge < -0.3 is 19.7 Å². The Morgan fingerprint density at radius 2 is 1.28 bits per heavy atom. The zero-order valence-corrected chi connectivity index (χ0v) is 18.0. The number of rotatable bonds is 4. The van der Waals surface area contributed by atoms with Gasteiger partial charge in [-0.1, -0.05) is 60.2 Å². The Kier molecular flexibility index (Phi) is 6.05. The molecule has 156 valence electrons. The summed E-state index contributed by atoms with van der Waals surface area (Å²) in [5.74, 6) is -0.814. The molecule has 5 heteroatoms. The zero-order chi connectivity index (χ0) is 20.6. The number of fused-ring (bicyclic) bond motifs is 1. The van der Waals surface area contributed by atoms with Crippen LogP contribution < -0.4 is 0 Å². The van der Waals surface area contributed by atoms with E-state index >= 15 is 0 Å². The summed E-state index contributed by atoms with van der Waals surface area (Å²) in [6, 6.07) is 18.6. The molecule has 4 nitrogen and oxygen atoms in total. The van der Waals surface area contributed by atoms with Crippen LogP contribution in [0.4, 0.5) is 0 Å². The van der Waals surface area contributed by atoms with Gasteiger partial charge in [0.2, 0.25) is 0 Å². The summed E-state index contributed by atoms with van der Waals surface area (Å²) >= 11 is 1.66. The van der Waals surface area contributed by atoms with Crippen LogP contribution in [0.3, 0.4) is 0 Å². The molecule has 0 saturated carbocycles. The monoisotopic (exact) mass is 414 g/mol. The van der Waals surface area contributed by atoms with Crippen LogP contribution in [0.1, 0.15) is 30.5 Å². The predicted molar refractivity (Wildman–Crippen MR) is 116 cm³/mol. The summed E-state index contributed by atoms with van der Waals surface area (Å²) in [5, 5.41) is 22.3. The molecule has 0 aliphatic carbocycles. The molecule has 2 fully saturated rings. The van der Waals surface area contributed by atoms with Crippen molar-refractivity contribution in [3.63, 3.8) is 0 Å². The van der Waals surface area contributed by atoms with E-state index in [4.69, 9.17) is 9.47 Å². The van der Waals surface area contributed by atoms with Crippen molar-refractivity contribution < 1.29 is 19.7 Å².